The molecule has 0 radical (unpaired) electrons. The first-order valence-electron chi connectivity index (χ1n) is 21.2. The number of aliphatic hydroxyl groups excluding tert-OH is 4. The van der Waals surface area contributed by atoms with E-state index in [9.17, 15) is 33.1 Å². The molecule has 0 heterocycles. The van der Waals surface area contributed by atoms with Gasteiger partial charge in [-0.15, -0.1) is 128 Å². The Morgan fingerprint density at radius 1 is 0.694 bits per heavy atom. The summed E-state index contributed by atoms with van der Waals surface area (Å²) in [6.07, 6.45) is 11.7. The van der Waals surface area contributed by atoms with Crippen molar-refractivity contribution in [1.82, 2.24) is 0 Å². The molecule has 0 saturated heterocycles. The standard InChI is InChI=1S/C40H67Cl11O10S/c1-3-4-5-6-7-8-9-10-11-12-13-14-15-19-32(54)60-25(2)17-16-18-27(42)33(45)31(61-62(57,58)59)22-28(43)34(46)39(56)37(49)35(47)36(48)38(55)29(44)23-40(50,51)21-20-26(41)30(53)24-52/h16-17,25-31,33-39,52-53,55-56H,3-15,18-24H2,1-2H3,(H,57,58,59)/p-1/b17-16+/t25-,26-,27+,28-,29+,30-,31-,33-,34-,35-,36-,37+,38+,39+/m0/s1. The monoisotopic (exact) mass is 1120 g/mol. The molecule has 0 aliphatic heterocycles. The number of carbonyl (C=O) groups is 1. The highest BCUT2D eigenvalue weighted by atomic mass is 35.5. The third kappa shape index (κ3) is 29.2. The normalized spacial score (nSPS) is 19.7. The van der Waals surface area contributed by atoms with Gasteiger partial charge in [-0.05, 0) is 51.5 Å². The van der Waals surface area contributed by atoms with Gasteiger partial charge in [0.2, 0.25) is 10.4 Å². The lowest BCUT2D eigenvalue weighted by Crippen LogP contribution is -2.49. The zero-order valence-electron chi connectivity index (χ0n) is 35.2. The van der Waals surface area contributed by atoms with Gasteiger partial charge in [0.1, 0.15) is 10.4 Å². The number of carbonyl (C=O) groups excluding carboxylic acids is 1. The Bertz CT molecular complexity index is 1310. The number of hydrogen-bond donors (Lipinski definition) is 4. The molecule has 14 atom stereocenters. The Morgan fingerprint density at radius 3 is 1.69 bits per heavy atom. The zero-order chi connectivity index (χ0) is 47.6. The number of hydrogen-bond acceptors (Lipinski definition) is 10. The third-order valence-electron chi connectivity index (χ3n) is 10.2. The van der Waals surface area contributed by atoms with Gasteiger partial charge in [0, 0.05) is 6.42 Å². The summed E-state index contributed by atoms with van der Waals surface area (Å²) in [5.41, 5.74) is 0. The molecule has 0 aromatic heterocycles. The van der Waals surface area contributed by atoms with Crippen LogP contribution >= 0.6 is 128 Å². The van der Waals surface area contributed by atoms with Crippen LogP contribution in [0.25, 0.3) is 0 Å². The van der Waals surface area contributed by atoms with Crippen molar-refractivity contribution in [3.63, 3.8) is 0 Å². The van der Waals surface area contributed by atoms with Gasteiger partial charge in [0.05, 0.1) is 79.4 Å². The topological polar surface area (TPSA) is 174 Å². The second-order valence-corrected chi connectivity index (χ2v) is 23.2. The van der Waals surface area contributed by atoms with Gasteiger partial charge in [0.15, 0.2) is 0 Å². The highest BCUT2D eigenvalue weighted by molar-refractivity contribution is 7.80. The van der Waals surface area contributed by atoms with E-state index in [-0.39, 0.29) is 31.7 Å². The van der Waals surface area contributed by atoms with E-state index in [0.717, 1.165) is 25.7 Å². The van der Waals surface area contributed by atoms with Gasteiger partial charge < -0.3 is 29.7 Å². The Kier molecular flexibility index (Phi) is 36.4. The molecule has 0 fully saturated rings. The number of allylic oxidation sites excluding steroid dienone is 1. The maximum atomic E-state index is 12.4. The van der Waals surface area contributed by atoms with Crippen molar-refractivity contribution in [3.05, 3.63) is 12.2 Å². The summed E-state index contributed by atoms with van der Waals surface area (Å²) in [4.78, 5) is 12.4. The largest absolute Gasteiger partial charge is 0.726 e. The van der Waals surface area contributed by atoms with Gasteiger partial charge in [-0.25, -0.2) is 8.42 Å². The molecule has 4 N–H and O–H groups in total. The van der Waals surface area contributed by atoms with Crippen LogP contribution in [0.4, 0.5) is 0 Å². The number of rotatable bonds is 38. The van der Waals surface area contributed by atoms with Gasteiger partial charge >= 0.3 is 5.97 Å². The average Bonchev–Trinajstić information content (AvgIpc) is 3.20. The highest BCUT2D eigenvalue weighted by Gasteiger charge is 2.43. The fourth-order valence-corrected chi connectivity index (χ4v) is 10.5. The van der Waals surface area contributed by atoms with Crippen molar-refractivity contribution in [2.75, 3.05) is 6.61 Å². The van der Waals surface area contributed by atoms with Crippen LogP contribution in [0.15, 0.2) is 12.2 Å². The Morgan fingerprint density at radius 2 is 1.19 bits per heavy atom. The summed E-state index contributed by atoms with van der Waals surface area (Å²) in [6.45, 7) is 3.33. The van der Waals surface area contributed by atoms with Crippen LogP contribution in [-0.4, -0.2) is 129 Å². The second-order valence-electron chi connectivity index (χ2n) is 15.7. The minimum absolute atomic E-state index is 0.0229. The molecule has 0 aromatic rings. The molecule has 62 heavy (non-hydrogen) atoms. The number of halogens is 11. The summed E-state index contributed by atoms with van der Waals surface area (Å²) in [5.74, 6) is -0.331. The minimum atomic E-state index is -5.33. The van der Waals surface area contributed by atoms with Crippen molar-refractivity contribution in [2.45, 2.75) is 219 Å². The van der Waals surface area contributed by atoms with Crippen LogP contribution in [-0.2, 0) is 24.1 Å². The van der Waals surface area contributed by atoms with E-state index in [0.29, 0.717) is 6.42 Å². The van der Waals surface area contributed by atoms with Gasteiger partial charge in [0.25, 0.3) is 0 Å². The lowest BCUT2D eigenvalue weighted by atomic mass is 9.97. The first kappa shape index (κ1) is 64.1. The number of esters is 1. The molecule has 0 saturated carbocycles. The molecule has 0 bridgehead atoms. The maximum absolute atomic E-state index is 12.4. The first-order valence-corrected chi connectivity index (χ1v) is 27.2. The van der Waals surface area contributed by atoms with Crippen molar-refractivity contribution in [2.24, 2.45) is 0 Å². The van der Waals surface area contributed by atoms with Crippen LogP contribution in [0.5, 0.6) is 0 Å². The molecule has 10 nitrogen and oxygen atoms in total. The molecule has 0 unspecified atom stereocenters. The quantitative estimate of drug-likeness (QED) is 0.0116. The lowest BCUT2D eigenvalue weighted by molar-refractivity contribution is -0.146. The minimum Gasteiger partial charge on any atom is -0.726 e. The molecular weight excluding hydrogens is 1060 g/mol. The van der Waals surface area contributed by atoms with Crippen LogP contribution < -0.4 is 0 Å². The predicted octanol–water partition coefficient (Wildman–Crippen LogP) is 11.5. The fourth-order valence-electron chi connectivity index (χ4n) is 6.39. The molecule has 0 aliphatic carbocycles. The number of unbranched alkanes of at least 4 members (excludes halogenated alkanes) is 12. The van der Waals surface area contributed by atoms with Crippen molar-refractivity contribution in [1.29, 1.82) is 0 Å². The third-order valence-corrected chi connectivity index (χ3v) is 16.4. The molecule has 370 valence electrons. The molecule has 0 aromatic carbocycles. The average molecular weight is 1130 g/mol. The maximum Gasteiger partial charge on any atom is 0.306 e. The fraction of sp³-hybridized carbons (Fsp3) is 0.925. The zero-order valence-corrected chi connectivity index (χ0v) is 44.3. The molecular formula is C40H66Cl11O10S-. The SMILES string of the molecule is CCCCCCCCCCCCCCCC(=O)O[C@@H](C)/C=C/C[C@@H](Cl)[C@H](Cl)[C@H](C[C@H](Cl)[C@H](Cl)[C@@H](O)[C@H](Cl)[C@@H](Cl)[C@H](Cl)[C@H](O)[C@H](Cl)CC(Cl)(Cl)CC[C@H](Cl)[C@@H](O)CO)OS(=O)(=O)[O-]. The van der Waals surface area contributed by atoms with Crippen molar-refractivity contribution < 1.29 is 47.1 Å². The first-order chi connectivity index (χ1) is 28.9. The van der Waals surface area contributed by atoms with Gasteiger partial charge in [-0.1, -0.05) is 90.0 Å². The summed E-state index contributed by atoms with van der Waals surface area (Å²) in [7, 11) is -5.33. The van der Waals surface area contributed by atoms with Crippen molar-refractivity contribution >= 4 is 144 Å². The number of alkyl halides is 11. The Labute approximate surface area is 425 Å². The smallest absolute Gasteiger partial charge is 0.306 e. The molecule has 0 aliphatic rings. The van der Waals surface area contributed by atoms with E-state index in [1.807, 2.05) is 0 Å². The van der Waals surface area contributed by atoms with E-state index < -0.39 is 107 Å². The van der Waals surface area contributed by atoms with E-state index >= 15 is 0 Å². The predicted molar refractivity (Wildman–Crippen MR) is 259 cm³/mol. The number of aliphatic hydroxyl groups is 4. The second kappa shape index (κ2) is 35.2. The molecule has 0 amide bonds. The van der Waals surface area contributed by atoms with Crippen LogP contribution in [0, 0.1) is 0 Å². The molecule has 0 rings (SSSR count). The Balaban J connectivity index is 5.06. The van der Waals surface area contributed by atoms with E-state index in [1.165, 1.54) is 57.8 Å². The molecule has 0 spiro atoms. The lowest BCUT2D eigenvalue weighted by Gasteiger charge is -2.34. The Hall–Kier alpha value is 2.11. The van der Waals surface area contributed by atoms with Gasteiger partial charge in [-0.3, -0.25) is 8.98 Å². The van der Waals surface area contributed by atoms with Crippen LogP contribution in [0.3, 0.4) is 0 Å². The van der Waals surface area contributed by atoms with Crippen LogP contribution in [0.1, 0.15) is 136 Å². The summed E-state index contributed by atoms with van der Waals surface area (Å²) in [5, 5.41) is 29.1. The number of ether oxygens (including phenoxy) is 1. The summed E-state index contributed by atoms with van der Waals surface area (Å²) < 4.78 is 43.6. The van der Waals surface area contributed by atoms with Crippen LogP contribution in [0.2, 0.25) is 0 Å². The van der Waals surface area contributed by atoms with E-state index in [2.05, 4.69) is 6.92 Å². The summed E-state index contributed by atoms with van der Waals surface area (Å²) >= 11 is 70.3. The van der Waals surface area contributed by atoms with E-state index in [1.54, 1.807) is 19.1 Å². The van der Waals surface area contributed by atoms with E-state index in [4.69, 9.17) is 142 Å². The van der Waals surface area contributed by atoms with Gasteiger partial charge in [-0.2, -0.15) is 0 Å². The van der Waals surface area contributed by atoms with Crippen molar-refractivity contribution in [3.8, 4) is 0 Å². The molecule has 22 heteroatoms. The highest BCUT2D eigenvalue weighted by Crippen LogP contribution is 2.38. The summed E-state index contributed by atoms with van der Waals surface area (Å²) in [6, 6.07) is 0.